The fourth-order valence-electron chi connectivity index (χ4n) is 3.09. The number of aryl methyl sites for hydroxylation is 1. The number of benzene rings is 1. The molecule has 4 aromatic rings. The van der Waals surface area contributed by atoms with Gasteiger partial charge < -0.3 is 14.0 Å². The lowest BCUT2D eigenvalue weighted by molar-refractivity contribution is 0.0740. The number of thiophene rings is 1. The molecule has 1 aromatic carbocycles. The van der Waals surface area contributed by atoms with E-state index in [2.05, 4.69) is 4.98 Å². The number of fused-ring (bicyclic) bond motifs is 1. The first-order valence-electron chi connectivity index (χ1n) is 8.60. The second kappa shape index (κ2) is 7.75. The SMILES string of the molecule is COCc1cc(C)nc2sc(C(=O)Oc3ccc(Cl)cc3)c(-n3cccc3)c12. The smallest absolute Gasteiger partial charge is 0.355 e. The Morgan fingerprint density at radius 1 is 1.21 bits per heavy atom. The van der Waals surface area contributed by atoms with Gasteiger partial charge in [-0.1, -0.05) is 11.6 Å². The number of hydrogen-bond acceptors (Lipinski definition) is 5. The Bertz CT molecular complexity index is 1130. The number of carbonyl (C=O) groups is 1. The summed E-state index contributed by atoms with van der Waals surface area (Å²) < 4.78 is 12.9. The molecule has 0 N–H and O–H groups in total. The van der Waals surface area contributed by atoms with E-state index < -0.39 is 5.97 Å². The lowest BCUT2D eigenvalue weighted by atomic mass is 10.1. The zero-order valence-electron chi connectivity index (χ0n) is 15.3. The Morgan fingerprint density at radius 2 is 1.93 bits per heavy atom. The summed E-state index contributed by atoms with van der Waals surface area (Å²) in [6.07, 6.45) is 3.80. The summed E-state index contributed by atoms with van der Waals surface area (Å²) >= 11 is 7.23. The molecule has 0 amide bonds. The van der Waals surface area contributed by atoms with Crippen molar-refractivity contribution < 1.29 is 14.3 Å². The highest BCUT2D eigenvalue weighted by Gasteiger charge is 2.24. The molecule has 0 bridgehead atoms. The number of methoxy groups -OCH3 is 1. The molecule has 0 aliphatic rings. The van der Waals surface area contributed by atoms with Crippen LogP contribution in [0.15, 0.2) is 54.9 Å². The van der Waals surface area contributed by atoms with Gasteiger partial charge in [0.15, 0.2) is 0 Å². The van der Waals surface area contributed by atoms with Crippen LogP contribution in [0.3, 0.4) is 0 Å². The summed E-state index contributed by atoms with van der Waals surface area (Å²) in [7, 11) is 1.65. The first kappa shape index (κ1) is 18.7. The minimum Gasteiger partial charge on any atom is -0.422 e. The van der Waals surface area contributed by atoms with Crippen LogP contribution in [0.5, 0.6) is 5.75 Å². The van der Waals surface area contributed by atoms with Gasteiger partial charge in [-0.15, -0.1) is 11.3 Å². The van der Waals surface area contributed by atoms with E-state index >= 15 is 0 Å². The molecule has 7 heteroatoms. The summed E-state index contributed by atoms with van der Waals surface area (Å²) in [6, 6.07) is 12.5. The van der Waals surface area contributed by atoms with Crippen LogP contribution in [0.2, 0.25) is 5.02 Å². The number of hydrogen-bond donors (Lipinski definition) is 0. The third-order valence-electron chi connectivity index (χ3n) is 4.22. The van der Waals surface area contributed by atoms with Gasteiger partial charge in [-0.3, -0.25) is 0 Å². The highest BCUT2D eigenvalue weighted by atomic mass is 35.5. The first-order valence-corrected chi connectivity index (χ1v) is 9.79. The summed E-state index contributed by atoms with van der Waals surface area (Å²) in [4.78, 5) is 18.9. The van der Waals surface area contributed by atoms with Gasteiger partial charge in [0, 0.05) is 35.6 Å². The molecule has 0 fully saturated rings. The summed E-state index contributed by atoms with van der Waals surface area (Å²) in [5, 5.41) is 1.48. The van der Waals surface area contributed by atoms with Gasteiger partial charge in [0.1, 0.15) is 15.5 Å². The predicted octanol–water partition coefficient (Wildman–Crippen LogP) is 5.41. The van der Waals surface area contributed by atoms with Crippen LogP contribution in [0, 0.1) is 6.92 Å². The van der Waals surface area contributed by atoms with Crippen molar-refractivity contribution in [3.05, 3.63) is 76.0 Å². The van der Waals surface area contributed by atoms with Crippen LogP contribution in [0.4, 0.5) is 0 Å². The highest BCUT2D eigenvalue weighted by Crippen LogP contribution is 2.37. The largest absolute Gasteiger partial charge is 0.422 e. The second-order valence-electron chi connectivity index (χ2n) is 6.25. The van der Waals surface area contributed by atoms with Crippen molar-refractivity contribution in [3.63, 3.8) is 0 Å². The van der Waals surface area contributed by atoms with Crippen molar-refractivity contribution in [2.75, 3.05) is 7.11 Å². The van der Waals surface area contributed by atoms with E-state index in [0.29, 0.717) is 22.3 Å². The van der Waals surface area contributed by atoms with Crippen molar-refractivity contribution in [2.45, 2.75) is 13.5 Å². The summed E-state index contributed by atoms with van der Waals surface area (Å²) in [6.45, 7) is 2.36. The third-order valence-corrected chi connectivity index (χ3v) is 5.52. The van der Waals surface area contributed by atoms with E-state index in [1.165, 1.54) is 11.3 Å². The minimum absolute atomic E-state index is 0.427. The Hall–Kier alpha value is -2.67. The van der Waals surface area contributed by atoms with E-state index in [-0.39, 0.29) is 0 Å². The Morgan fingerprint density at radius 3 is 2.61 bits per heavy atom. The fourth-order valence-corrected chi connectivity index (χ4v) is 4.36. The Kier molecular flexibility index (Phi) is 5.17. The van der Waals surface area contributed by atoms with E-state index in [4.69, 9.17) is 21.1 Å². The molecule has 3 heterocycles. The maximum absolute atomic E-state index is 13.0. The number of pyridine rings is 1. The monoisotopic (exact) mass is 412 g/mol. The van der Waals surface area contributed by atoms with Gasteiger partial charge in [0.25, 0.3) is 0 Å². The van der Waals surface area contributed by atoms with Gasteiger partial charge in [-0.25, -0.2) is 9.78 Å². The third kappa shape index (κ3) is 3.54. The number of rotatable bonds is 5. The molecule has 5 nitrogen and oxygen atoms in total. The molecule has 0 unspecified atom stereocenters. The molecule has 4 rings (SSSR count). The Labute approximate surface area is 171 Å². The van der Waals surface area contributed by atoms with Crippen molar-refractivity contribution in [2.24, 2.45) is 0 Å². The van der Waals surface area contributed by atoms with Crippen LogP contribution in [-0.2, 0) is 11.3 Å². The number of halogens is 1. The predicted molar refractivity (Wildman–Crippen MR) is 111 cm³/mol. The molecule has 0 radical (unpaired) electrons. The lowest BCUT2D eigenvalue weighted by Gasteiger charge is -2.09. The Balaban J connectivity index is 1.87. The van der Waals surface area contributed by atoms with Crippen LogP contribution in [0.1, 0.15) is 20.9 Å². The first-order chi connectivity index (χ1) is 13.6. The lowest BCUT2D eigenvalue weighted by Crippen LogP contribution is -2.09. The molecule has 142 valence electrons. The number of esters is 1. The van der Waals surface area contributed by atoms with Gasteiger partial charge in [0.05, 0.1) is 12.3 Å². The van der Waals surface area contributed by atoms with Crippen LogP contribution in [0.25, 0.3) is 15.9 Å². The van der Waals surface area contributed by atoms with Crippen molar-refractivity contribution in [1.29, 1.82) is 0 Å². The maximum atomic E-state index is 13.0. The van der Waals surface area contributed by atoms with Crippen molar-refractivity contribution in [1.82, 2.24) is 9.55 Å². The second-order valence-corrected chi connectivity index (χ2v) is 7.68. The molecule has 0 atom stereocenters. The van der Waals surface area contributed by atoms with Gasteiger partial charge in [-0.05, 0) is 55.0 Å². The molecule has 0 saturated heterocycles. The number of ether oxygens (including phenoxy) is 2. The van der Waals surface area contributed by atoms with Crippen LogP contribution >= 0.6 is 22.9 Å². The van der Waals surface area contributed by atoms with Crippen LogP contribution in [-0.4, -0.2) is 22.6 Å². The zero-order chi connectivity index (χ0) is 19.7. The average Bonchev–Trinajstić information content (AvgIpc) is 3.31. The topological polar surface area (TPSA) is 53.4 Å². The van der Waals surface area contributed by atoms with E-state index in [1.54, 1.807) is 31.4 Å². The fraction of sp³-hybridized carbons (Fsp3) is 0.143. The summed E-state index contributed by atoms with van der Waals surface area (Å²) in [5.41, 5.74) is 2.61. The molecule has 28 heavy (non-hydrogen) atoms. The van der Waals surface area contributed by atoms with Crippen molar-refractivity contribution >= 4 is 39.1 Å². The van der Waals surface area contributed by atoms with Gasteiger partial charge >= 0.3 is 5.97 Å². The quantitative estimate of drug-likeness (QED) is 0.324. The number of aromatic nitrogens is 2. The molecule has 3 aromatic heterocycles. The normalized spacial score (nSPS) is 11.1. The number of nitrogens with zero attached hydrogens (tertiary/aromatic N) is 2. The van der Waals surface area contributed by atoms with E-state index in [9.17, 15) is 4.79 Å². The number of carbonyl (C=O) groups excluding carboxylic acids is 1. The van der Waals surface area contributed by atoms with E-state index in [0.717, 1.165) is 27.2 Å². The molecule has 0 aliphatic heterocycles. The molecule has 0 spiro atoms. The molecular formula is C21H17ClN2O3S. The summed E-state index contributed by atoms with van der Waals surface area (Å²) in [5.74, 6) is 0.00149. The zero-order valence-corrected chi connectivity index (χ0v) is 16.9. The van der Waals surface area contributed by atoms with E-state index in [1.807, 2.05) is 42.1 Å². The van der Waals surface area contributed by atoms with Gasteiger partial charge in [-0.2, -0.15) is 0 Å². The molecular weight excluding hydrogens is 396 g/mol. The molecule has 0 aliphatic carbocycles. The van der Waals surface area contributed by atoms with Gasteiger partial charge in [0.2, 0.25) is 0 Å². The highest BCUT2D eigenvalue weighted by molar-refractivity contribution is 7.21. The molecule has 0 saturated carbocycles. The maximum Gasteiger partial charge on any atom is 0.355 e. The van der Waals surface area contributed by atoms with Crippen molar-refractivity contribution in [3.8, 4) is 11.4 Å². The standard InChI is InChI=1S/C21H17ClN2O3S/c1-13-11-14(12-26-2)17-18(24-9-3-4-10-24)19(28-20(17)23-13)21(25)27-16-7-5-15(22)6-8-16/h3-11H,12H2,1-2H3. The van der Waals surface area contributed by atoms with Crippen LogP contribution < -0.4 is 4.74 Å². The minimum atomic E-state index is -0.435. The average molecular weight is 413 g/mol.